The Bertz CT molecular complexity index is 738. The van der Waals surface area contributed by atoms with Crippen LogP contribution in [-0.4, -0.2) is 4.98 Å². The number of para-hydroxylation sites is 1. The zero-order chi connectivity index (χ0) is 14.7. The van der Waals surface area contributed by atoms with E-state index >= 15 is 0 Å². The van der Waals surface area contributed by atoms with Gasteiger partial charge in [-0.25, -0.2) is 4.98 Å². The van der Waals surface area contributed by atoms with Gasteiger partial charge in [0.05, 0.1) is 5.69 Å². The number of nitrogens with one attached hydrogen (secondary N) is 1. The summed E-state index contributed by atoms with van der Waals surface area (Å²) in [5.41, 5.74) is 4.21. The molecule has 0 spiro atoms. The highest BCUT2D eigenvalue weighted by Crippen LogP contribution is 2.32. The van der Waals surface area contributed by atoms with Crippen molar-refractivity contribution in [3.8, 4) is 11.3 Å². The van der Waals surface area contributed by atoms with Crippen molar-refractivity contribution in [2.45, 2.75) is 13.8 Å². The molecule has 3 aromatic rings. The maximum absolute atomic E-state index is 7.71. The van der Waals surface area contributed by atoms with Crippen LogP contribution in [0.3, 0.4) is 0 Å². The minimum absolute atomic E-state index is 0.247. The van der Waals surface area contributed by atoms with Gasteiger partial charge in [-0.1, -0.05) is 48.5 Å². The first-order valence-electron chi connectivity index (χ1n) is 7.15. The molecule has 0 aliphatic heterocycles. The highest BCUT2D eigenvalue weighted by atomic mass is 32.1. The minimum atomic E-state index is 0.247. The normalized spacial score (nSPS) is 11.2. The number of thiazole rings is 1. The van der Waals surface area contributed by atoms with E-state index in [9.17, 15) is 0 Å². The lowest BCUT2D eigenvalue weighted by atomic mass is 10.1. The van der Waals surface area contributed by atoms with Gasteiger partial charge in [-0.05, 0) is 25.5 Å². The second-order valence-corrected chi connectivity index (χ2v) is 5.68. The van der Waals surface area contributed by atoms with Crippen molar-refractivity contribution in [1.29, 1.82) is 0 Å². The van der Waals surface area contributed by atoms with Crippen LogP contribution in [0.25, 0.3) is 11.3 Å². The highest BCUT2D eigenvalue weighted by Gasteiger charge is 2.10. The highest BCUT2D eigenvalue weighted by molar-refractivity contribution is 7.16. The Kier molecular flexibility index (Phi) is 3.19. The largest absolute Gasteiger partial charge is 0.331 e. The van der Waals surface area contributed by atoms with Crippen LogP contribution in [0.2, 0.25) is 0 Å². The summed E-state index contributed by atoms with van der Waals surface area (Å²) >= 11 is 1.55. The SMILES string of the molecule is [2H]Cc1sc(Nc2ccccc2C)nc1-c1ccccc1. The molecule has 0 fully saturated rings. The van der Waals surface area contributed by atoms with E-state index in [0.717, 1.165) is 27.0 Å². The molecule has 0 atom stereocenters. The Morgan fingerprint density at radius 2 is 1.80 bits per heavy atom. The Morgan fingerprint density at radius 3 is 2.55 bits per heavy atom. The molecule has 1 N–H and O–H groups in total. The van der Waals surface area contributed by atoms with E-state index in [4.69, 9.17) is 1.37 Å². The first-order chi connectivity index (χ1) is 10.3. The van der Waals surface area contributed by atoms with Crippen LogP contribution in [-0.2, 0) is 0 Å². The van der Waals surface area contributed by atoms with Crippen LogP contribution in [0.15, 0.2) is 54.6 Å². The number of rotatable bonds is 3. The van der Waals surface area contributed by atoms with Gasteiger partial charge in [-0.3, -0.25) is 0 Å². The van der Waals surface area contributed by atoms with Crippen LogP contribution in [0.4, 0.5) is 10.8 Å². The van der Waals surface area contributed by atoms with Gasteiger partial charge >= 0.3 is 0 Å². The van der Waals surface area contributed by atoms with Crippen molar-refractivity contribution in [2.24, 2.45) is 0 Å². The summed E-state index contributed by atoms with van der Waals surface area (Å²) in [7, 11) is 0. The fraction of sp³-hybridized carbons (Fsp3) is 0.118. The molecule has 0 aliphatic carbocycles. The first kappa shape index (κ1) is 11.7. The van der Waals surface area contributed by atoms with E-state index in [-0.39, 0.29) is 6.90 Å². The van der Waals surface area contributed by atoms with Crippen molar-refractivity contribution in [2.75, 3.05) is 5.32 Å². The molecule has 100 valence electrons. The number of nitrogens with zero attached hydrogens (tertiary/aromatic N) is 1. The van der Waals surface area contributed by atoms with Crippen molar-refractivity contribution >= 4 is 22.2 Å². The Hall–Kier alpha value is -2.13. The molecule has 3 rings (SSSR count). The first-order valence-corrected chi connectivity index (χ1v) is 7.26. The number of hydrogen-bond acceptors (Lipinski definition) is 3. The summed E-state index contributed by atoms with van der Waals surface area (Å²) in [6.07, 6.45) is 0. The van der Waals surface area contributed by atoms with Gasteiger partial charge in [0.15, 0.2) is 5.13 Å². The zero-order valence-corrected chi connectivity index (χ0v) is 12.1. The molecule has 0 bridgehead atoms. The van der Waals surface area contributed by atoms with Gasteiger partial charge in [0.2, 0.25) is 0 Å². The Morgan fingerprint density at radius 1 is 1.05 bits per heavy atom. The van der Waals surface area contributed by atoms with Crippen LogP contribution in [0.5, 0.6) is 0 Å². The lowest BCUT2D eigenvalue weighted by Gasteiger charge is -2.05. The molecular formula is C17H16N2S. The van der Waals surface area contributed by atoms with E-state index in [1.165, 1.54) is 5.56 Å². The zero-order valence-electron chi connectivity index (χ0n) is 12.3. The van der Waals surface area contributed by atoms with E-state index in [2.05, 4.69) is 23.3 Å². The van der Waals surface area contributed by atoms with Gasteiger partial charge in [0.1, 0.15) is 0 Å². The van der Waals surface area contributed by atoms with Crippen LogP contribution < -0.4 is 5.32 Å². The number of aryl methyl sites for hydroxylation is 2. The Balaban J connectivity index is 1.95. The number of hydrogen-bond donors (Lipinski definition) is 1. The summed E-state index contributed by atoms with van der Waals surface area (Å²) in [6, 6.07) is 18.2. The maximum atomic E-state index is 7.71. The number of anilines is 2. The summed E-state index contributed by atoms with van der Waals surface area (Å²) in [5.74, 6) is 0. The summed E-state index contributed by atoms with van der Waals surface area (Å²) < 4.78 is 7.71. The molecular weight excluding hydrogens is 264 g/mol. The average Bonchev–Trinajstić information content (AvgIpc) is 2.93. The van der Waals surface area contributed by atoms with Crippen molar-refractivity contribution in [3.63, 3.8) is 0 Å². The molecule has 1 heterocycles. The molecule has 3 heteroatoms. The van der Waals surface area contributed by atoms with Gasteiger partial charge in [-0.2, -0.15) is 0 Å². The molecule has 1 aromatic heterocycles. The molecule has 0 amide bonds. The summed E-state index contributed by atoms with van der Waals surface area (Å²) in [4.78, 5) is 5.66. The summed E-state index contributed by atoms with van der Waals surface area (Å²) in [6.45, 7) is 2.32. The predicted molar refractivity (Wildman–Crippen MR) is 86.7 cm³/mol. The molecule has 0 radical (unpaired) electrons. The molecule has 20 heavy (non-hydrogen) atoms. The average molecular weight is 281 g/mol. The third-order valence-corrected chi connectivity index (χ3v) is 3.96. The standard InChI is InChI=1S/C17H16N2S/c1-12-8-6-7-11-15(12)18-17-19-16(13(2)20-17)14-9-4-3-5-10-14/h3-11H,1-2H3,(H,18,19)/i2D. The molecule has 0 unspecified atom stereocenters. The quantitative estimate of drug-likeness (QED) is 0.716. The van der Waals surface area contributed by atoms with E-state index in [1.807, 2.05) is 48.5 Å². The smallest absolute Gasteiger partial charge is 0.187 e. The second-order valence-electron chi connectivity index (χ2n) is 4.60. The van der Waals surface area contributed by atoms with Crippen molar-refractivity contribution < 1.29 is 1.37 Å². The fourth-order valence-electron chi connectivity index (χ4n) is 2.06. The number of aromatic nitrogens is 1. The van der Waals surface area contributed by atoms with Gasteiger partial charge in [-0.15, -0.1) is 11.3 Å². The minimum Gasteiger partial charge on any atom is -0.331 e. The van der Waals surface area contributed by atoms with Crippen molar-refractivity contribution in [1.82, 2.24) is 4.98 Å². The van der Waals surface area contributed by atoms with Crippen LogP contribution in [0, 0.1) is 13.8 Å². The van der Waals surface area contributed by atoms with Gasteiger partial charge in [0.25, 0.3) is 0 Å². The van der Waals surface area contributed by atoms with E-state index < -0.39 is 0 Å². The third-order valence-electron chi connectivity index (χ3n) is 3.13. The Labute approximate surface area is 124 Å². The van der Waals surface area contributed by atoms with Crippen LogP contribution in [0.1, 0.15) is 11.8 Å². The molecule has 0 aliphatic rings. The monoisotopic (exact) mass is 281 g/mol. The number of benzene rings is 2. The fourth-order valence-corrected chi connectivity index (χ4v) is 2.85. The third kappa shape index (κ3) is 2.58. The van der Waals surface area contributed by atoms with Crippen molar-refractivity contribution in [3.05, 3.63) is 65.0 Å². The van der Waals surface area contributed by atoms with Crippen LogP contribution >= 0.6 is 11.3 Å². The second kappa shape index (κ2) is 5.47. The van der Waals surface area contributed by atoms with Gasteiger partial charge < -0.3 is 5.32 Å². The molecule has 2 nitrogen and oxygen atoms in total. The maximum Gasteiger partial charge on any atom is 0.187 e. The molecule has 0 saturated heterocycles. The molecule has 2 aromatic carbocycles. The van der Waals surface area contributed by atoms with E-state index in [0.29, 0.717) is 0 Å². The predicted octanol–water partition coefficient (Wildman–Crippen LogP) is 5.17. The van der Waals surface area contributed by atoms with E-state index in [1.54, 1.807) is 11.3 Å². The summed E-state index contributed by atoms with van der Waals surface area (Å²) in [5, 5.41) is 4.20. The van der Waals surface area contributed by atoms with Gasteiger partial charge in [0, 0.05) is 17.5 Å². The topological polar surface area (TPSA) is 24.9 Å². The lowest BCUT2D eigenvalue weighted by molar-refractivity contribution is 1.34. The molecule has 0 saturated carbocycles. The lowest BCUT2D eigenvalue weighted by Crippen LogP contribution is -1.91.